The zero-order chi connectivity index (χ0) is 27.4. The second-order valence-electron chi connectivity index (χ2n) is 12.0. The second kappa shape index (κ2) is 9.63. The fourth-order valence-corrected chi connectivity index (χ4v) is 7.23. The minimum atomic E-state index is -0.164. The van der Waals surface area contributed by atoms with Crippen molar-refractivity contribution >= 4 is 32.9 Å². The molecule has 6 rings (SSSR count). The molecular formula is C35H39N2O2+. The lowest BCUT2D eigenvalue weighted by Crippen LogP contribution is -3.11. The normalized spacial score (nSPS) is 22.3. The number of hydrogen-bond donors (Lipinski definition) is 1. The molecule has 4 aromatic rings. The third-order valence-corrected chi connectivity index (χ3v) is 8.94. The molecule has 39 heavy (non-hydrogen) atoms. The first-order chi connectivity index (χ1) is 18.8. The van der Waals surface area contributed by atoms with Gasteiger partial charge in [-0.2, -0.15) is 0 Å². The largest absolute Gasteiger partial charge is 0.364 e. The number of ether oxygens (including phenoxy) is 2. The van der Waals surface area contributed by atoms with Gasteiger partial charge >= 0.3 is 0 Å². The van der Waals surface area contributed by atoms with Crippen LogP contribution in [0.2, 0.25) is 0 Å². The van der Waals surface area contributed by atoms with Crippen LogP contribution in [0.4, 0.5) is 11.4 Å². The van der Waals surface area contributed by atoms with Gasteiger partial charge in [-0.3, -0.25) is 4.90 Å². The fraction of sp³-hybridized carbons (Fsp3) is 0.314. The number of anilines is 1. The van der Waals surface area contributed by atoms with E-state index in [0.29, 0.717) is 13.5 Å². The van der Waals surface area contributed by atoms with Gasteiger partial charge in [-0.1, -0.05) is 74.5 Å². The Hall–Kier alpha value is -3.44. The Kier molecular flexibility index (Phi) is 6.38. The molecule has 0 aliphatic carbocycles. The van der Waals surface area contributed by atoms with Gasteiger partial charge in [0.2, 0.25) is 0 Å². The first kappa shape index (κ1) is 25.8. The standard InChI is InChI=1S/C35H38N2O2/c1-34(2)30(36(22-38-5)28-20-18-24-12-7-9-14-26(24)32(28)34)16-11-17-31-35(3,4)33-27-15-10-8-13-25(27)19-21-29(33)37(31)23-39-6/h7-21,30H,22-23H2,1-6H3/p+1/b16-11+,31-17-. The summed E-state index contributed by atoms with van der Waals surface area (Å²) in [5.41, 5.74) is 6.38. The minimum Gasteiger partial charge on any atom is -0.364 e. The smallest absolute Gasteiger partial charge is 0.186 e. The van der Waals surface area contributed by atoms with Gasteiger partial charge < -0.3 is 14.4 Å². The third-order valence-electron chi connectivity index (χ3n) is 8.94. The summed E-state index contributed by atoms with van der Waals surface area (Å²) in [5, 5.41) is 5.22. The molecule has 200 valence electrons. The third kappa shape index (κ3) is 3.93. The lowest BCUT2D eigenvalue weighted by atomic mass is 9.78. The number of methoxy groups -OCH3 is 2. The number of rotatable bonds is 6. The highest BCUT2D eigenvalue weighted by Gasteiger charge is 2.49. The van der Waals surface area contributed by atoms with Gasteiger partial charge in [0.1, 0.15) is 18.5 Å². The van der Waals surface area contributed by atoms with Crippen LogP contribution < -0.4 is 9.80 Å². The van der Waals surface area contributed by atoms with E-state index in [2.05, 4.69) is 124 Å². The Balaban J connectivity index is 1.43. The van der Waals surface area contributed by atoms with E-state index in [9.17, 15) is 0 Å². The van der Waals surface area contributed by atoms with Gasteiger partial charge in [0.25, 0.3) is 0 Å². The lowest BCUT2D eigenvalue weighted by Gasteiger charge is -2.28. The van der Waals surface area contributed by atoms with Crippen molar-refractivity contribution in [3.05, 3.63) is 108 Å². The Morgan fingerprint density at radius 1 is 0.795 bits per heavy atom. The molecule has 4 nitrogen and oxygen atoms in total. The van der Waals surface area contributed by atoms with Crippen LogP contribution in [0.5, 0.6) is 0 Å². The van der Waals surface area contributed by atoms with Crippen molar-refractivity contribution < 1.29 is 14.4 Å². The van der Waals surface area contributed by atoms with Crippen molar-refractivity contribution in [2.75, 3.05) is 32.6 Å². The van der Waals surface area contributed by atoms with Gasteiger partial charge in [0.05, 0.1) is 5.41 Å². The molecule has 0 fully saturated rings. The maximum atomic E-state index is 5.75. The van der Waals surface area contributed by atoms with Crippen molar-refractivity contribution in [2.45, 2.75) is 44.6 Å². The summed E-state index contributed by atoms with van der Waals surface area (Å²) in [4.78, 5) is 3.68. The number of nitrogens with one attached hydrogen (secondary N) is 1. The van der Waals surface area contributed by atoms with E-state index in [0.717, 1.165) is 0 Å². The lowest BCUT2D eigenvalue weighted by molar-refractivity contribution is -0.871. The molecular weight excluding hydrogens is 480 g/mol. The van der Waals surface area contributed by atoms with Gasteiger partial charge in [-0.15, -0.1) is 0 Å². The minimum absolute atomic E-state index is 0.0599. The van der Waals surface area contributed by atoms with Crippen molar-refractivity contribution in [1.29, 1.82) is 0 Å². The zero-order valence-corrected chi connectivity index (χ0v) is 23.9. The number of fused-ring (bicyclic) bond motifs is 6. The molecule has 0 spiro atoms. The van der Waals surface area contributed by atoms with Crippen molar-refractivity contribution in [2.24, 2.45) is 0 Å². The molecule has 0 aromatic heterocycles. The molecule has 1 N–H and O–H groups in total. The summed E-state index contributed by atoms with van der Waals surface area (Å²) < 4.78 is 11.5. The molecule has 0 amide bonds. The maximum Gasteiger partial charge on any atom is 0.186 e. The van der Waals surface area contributed by atoms with E-state index in [1.807, 2.05) is 0 Å². The van der Waals surface area contributed by atoms with Crippen LogP contribution in [-0.4, -0.2) is 33.7 Å². The summed E-state index contributed by atoms with van der Waals surface area (Å²) in [6.45, 7) is 10.6. The van der Waals surface area contributed by atoms with E-state index in [1.165, 1.54) is 54.6 Å². The summed E-state index contributed by atoms with van der Waals surface area (Å²) in [6, 6.07) is 26.7. The highest BCUT2D eigenvalue weighted by Crippen LogP contribution is 2.50. The summed E-state index contributed by atoms with van der Waals surface area (Å²) in [5.74, 6) is 0. The van der Waals surface area contributed by atoms with E-state index >= 15 is 0 Å². The van der Waals surface area contributed by atoms with Crippen LogP contribution in [-0.2, 0) is 20.3 Å². The molecule has 0 bridgehead atoms. The number of allylic oxidation sites excluding steroid dienone is 3. The molecule has 2 heterocycles. The first-order valence-corrected chi connectivity index (χ1v) is 13.9. The number of hydrogen-bond acceptors (Lipinski definition) is 3. The Labute approximate surface area is 232 Å². The predicted molar refractivity (Wildman–Crippen MR) is 162 cm³/mol. The highest BCUT2D eigenvalue weighted by molar-refractivity contribution is 5.95. The molecule has 0 radical (unpaired) electrons. The highest BCUT2D eigenvalue weighted by atomic mass is 16.5. The van der Waals surface area contributed by atoms with Gasteiger partial charge in [-0.25, -0.2) is 0 Å². The number of benzene rings is 4. The zero-order valence-electron chi connectivity index (χ0n) is 23.9. The predicted octanol–water partition coefficient (Wildman–Crippen LogP) is 6.61. The van der Waals surface area contributed by atoms with Crippen LogP contribution in [0.3, 0.4) is 0 Å². The molecule has 4 aromatic carbocycles. The summed E-state index contributed by atoms with van der Waals surface area (Å²) in [6.07, 6.45) is 6.96. The first-order valence-electron chi connectivity index (χ1n) is 13.9. The van der Waals surface area contributed by atoms with E-state index in [4.69, 9.17) is 9.47 Å². The molecule has 2 unspecified atom stereocenters. The van der Waals surface area contributed by atoms with Crippen molar-refractivity contribution in [3.8, 4) is 0 Å². The molecule has 2 atom stereocenters. The molecule has 2 aliphatic rings. The summed E-state index contributed by atoms with van der Waals surface area (Å²) in [7, 11) is 3.57. The Bertz CT molecular complexity index is 1610. The molecule has 0 saturated carbocycles. The van der Waals surface area contributed by atoms with Crippen molar-refractivity contribution in [1.82, 2.24) is 0 Å². The monoisotopic (exact) mass is 519 g/mol. The SMILES string of the molecule is COCN1/C(=C\C=C\C2[NH+](COC)c3ccc4ccccc4c3C2(C)C)C(C)(C)c2c1ccc1ccccc21. The number of quaternary nitrogens is 1. The molecule has 0 saturated heterocycles. The maximum absolute atomic E-state index is 5.75. The van der Waals surface area contributed by atoms with Gasteiger partial charge in [0, 0.05) is 42.6 Å². The second-order valence-corrected chi connectivity index (χ2v) is 12.0. The average Bonchev–Trinajstić information content (AvgIpc) is 3.28. The van der Waals surface area contributed by atoms with Gasteiger partial charge in [-0.05, 0) is 65.2 Å². The Morgan fingerprint density at radius 2 is 1.44 bits per heavy atom. The van der Waals surface area contributed by atoms with E-state index in [1.54, 1.807) is 14.2 Å². The summed E-state index contributed by atoms with van der Waals surface area (Å²) >= 11 is 0. The quantitative estimate of drug-likeness (QED) is 0.310. The van der Waals surface area contributed by atoms with E-state index < -0.39 is 0 Å². The molecule has 4 heteroatoms. The van der Waals surface area contributed by atoms with Crippen LogP contribution >= 0.6 is 0 Å². The van der Waals surface area contributed by atoms with E-state index in [-0.39, 0.29) is 16.9 Å². The van der Waals surface area contributed by atoms with Crippen LogP contribution in [0.25, 0.3) is 21.5 Å². The average molecular weight is 520 g/mol. The van der Waals surface area contributed by atoms with Gasteiger partial charge in [0.15, 0.2) is 6.73 Å². The fourth-order valence-electron chi connectivity index (χ4n) is 7.23. The van der Waals surface area contributed by atoms with Crippen LogP contribution in [0.15, 0.2) is 96.7 Å². The van der Waals surface area contributed by atoms with Crippen LogP contribution in [0.1, 0.15) is 38.8 Å². The van der Waals surface area contributed by atoms with Crippen molar-refractivity contribution in [3.63, 3.8) is 0 Å². The topological polar surface area (TPSA) is 26.1 Å². The van der Waals surface area contributed by atoms with Crippen LogP contribution in [0, 0.1) is 0 Å². The number of nitrogens with zero attached hydrogens (tertiary/aromatic N) is 1. The molecule has 2 aliphatic heterocycles. The Morgan fingerprint density at radius 3 is 2.10 bits per heavy atom.